The molecule has 1 saturated carbocycles. The summed E-state index contributed by atoms with van der Waals surface area (Å²) in [5.74, 6) is -0.0602. The lowest BCUT2D eigenvalue weighted by Gasteiger charge is -2.17. The molecular weight excluding hydrogens is 438 g/mol. The average molecular weight is 456 g/mol. The first-order valence-corrected chi connectivity index (χ1v) is 11.1. The highest BCUT2D eigenvalue weighted by molar-refractivity contribution is 9.10. The third-order valence-electron chi connectivity index (χ3n) is 5.63. The van der Waals surface area contributed by atoms with Crippen molar-refractivity contribution < 1.29 is 9.90 Å². The zero-order valence-electron chi connectivity index (χ0n) is 15.0. The minimum atomic E-state index is -0.929. The average Bonchev–Trinajstić information content (AvgIpc) is 3.41. The van der Waals surface area contributed by atoms with E-state index in [1.165, 1.54) is 32.8 Å². The Hall–Kier alpha value is -2.05. The van der Waals surface area contributed by atoms with E-state index in [0.717, 1.165) is 33.3 Å². The highest BCUT2D eigenvalue weighted by atomic mass is 79.9. The normalized spacial score (nSPS) is 18.4. The summed E-state index contributed by atoms with van der Waals surface area (Å²) in [7, 11) is 0. The number of carboxylic acids is 1. The van der Waals surface area contributed by atoms with E-state index in [0.29, 0.717) is 18.1 Å². The number of halogens is 1. The number of thioether (sulfide) groups is 1. The molecule has 6 heteroatoms. The van der Waals surface area contributed by atoms with Crippen LogP contribution in [0.15, 0.2) is 56.8 Å². The maximum atomic E-state index is 12.8. The Balaban J connectivity index is 1.67. The molecule has 2 aliphatic rings. The maximum Gasteiger partial charge on any atom is 0.327 e. The van der Waals surface area contributed by atoms with Gasteiger partial charge in [-0.05, 0) is 58.7 Å². The summed E-state index contributed by atoms with van der Waals surface area (Å²) >= 11 is 5.14. The molecule has 1 aliphatic heterocycles. The number of benzene rings is 2. The topological polar surface area (TPSA) is 59.3 Å². The molecule has 0 saturated heterocycles. The minimum absolute atomic E-state index is 0.201. The highest BCUT2D eigenvalue weighted by Gasteiger charge is 2.37. The van der Waals surface area contributed by atoms with E-state index in [2.05, 4.69) is 40.2 Å². The van der Waals surface area contributed by atoms with E-state index in [-0.39, 0.29) is 5.56 Å². The standard InChI is InChI=1S/C22H18BrNO3S/c23-17-8-7-13(15-3-1-2-4-16(15)17)9-14-10-19(25)24-18(22(26)27)11-28-21(24)20(14)12-5-6-12/h1-4,7-8,10,12,18H,5-6,9,11H2,(H,26,27)/t18-/m0/s1. The molecule has 2 aromatic carbocycles. The summed E-state index contributed by atoms with van der Waals surface area (Å²) in [5, 5.41) is 12.7. The fourth-order valence-corrected chi connectivity index (χ4v) is 6.05. The van der Waals surface area contributed by atoms with Gasteiger partial charge < -0.3 is 5.11 Å². The minimum Gasteiger partial charge on any atom is -0.480 e. The van der Waals surface area contributed by atoms with Gasteiger partial charge in [-0.25, -0.2) is 4.79 Å². The van der Waals surface area contributed by atoms with Gasteiger partial charge in [-0.3, -0.25) is 9.36 Å². The molecule has 0 bridgehead atoms. The fourth-order valence-electron chi connectivity index (χ4n) is 4.16. The Labute approximate surface area is 174 Å². The predicted molar refractivity (Wildman–Crippen MR) is 115 cm³/mol. The van der Waals surface area contributed by atoms with Gasteiger partial charge in [0.25, 0.3) is 5.56 Å². The van der Waals surface area contributed by atoms with Gasteiger partial charge in [-0.1, -0.05) is 46.3 Å². The summed E-state index contributed by atoms with van der Waals surface area (Å²) in [6.07, 6.45) is 2.90. The first-order chi connectivity index (χ1) is 13.5. The van der Waals surface area contributed by atoms with Crippen LogP contribution in [0, 0.1) is 0 Å². The number of nitrogens with zero attached hydrogens (tertiary/aromatic N) is 1. The lowest BCUT2D eigenvalue weighted by atomic mass is 9.95. The number of hydrogen-bond acceptors (Lipinski definition) is 3. The Morgan fingerprint density at radius 2 is 1.89 bits per heavy atom. The molecule has 1 atom stereocenters. The fraction of sp³-hybridized carbons (Fsp3) is 0.273. The van der Waals surface area contributed by atoms with Crippen LogP contribution < -0.4 is 5.56 Å². The van der Waals surface area contributed by atoms with E-state index in [4.69, 9.17) is 0 Å². The van der Waals surface area contributed by atoms with Crippen LogP contribution in [0.25, 0.3) is 10.8 Å². The van der Waals surface area contributed by atoms with E-state index >= 15 is 0 Å². The van der Waals surface area contributed by atoms with E-state index in [1.807, 2.05) is 12.1 Å². The van der Waals surface area contributed by atoms with Crippen molar-refractivity contribution in [2.75, 3.05) is 5.75 Å². The molecule has 0 radical (unpaired) electrons. The summed E-state index contributed by atoms with van der Waals surface area (Å²) in [5.41, 5.74) is 3.22. The molecule has 3 aromatic rings. The molecule has 5 rings (SSSR count). The second-order valence-electron chi connectivity index (χ2n) is 7.46. The van der Waals surface area contributed by atoms with Crippen molar-refractivity contribution in [1.82, 2.24) is 4.57 Å². The first kappa shape index (κ1) is 18.0. The molecule has 1 aliphatic carbocycles. The molecule has 0 amide bonds. The molecule has 28 heavy (non-hydrogen) atoms. The van der Waals surface area contributed by atoms with Crippen molar-refractivity contribution in [3.8, 4) is 0 Å². The zero-order valence-corrected chi connectivity index (χ0v) is 17.4. The Morgan fingerprint density at radius 1 is 1.14 bits per heavy atom. The number of fused-ring (bicyclic) bond motifs is 2. The van der Waals surface area contributed by atoms with Gasteiger partial charge in [-0.2, -0.15) is 0 Å². The number of pyridine rings is 1. The van der Waals surface area contributed by atoms with Crippen molar-refractivity contribution in [3.05, 3.63) is 74.0 Å². The van der Waals surface area contributed by atoms with Crippen LogP contribution in [0.5, 0.6) is 0 Å². The Kier molecular flexibility index (Phi) is 4.36. The second-order valence-corrected chi connectivity index (χ2v) is 9.33. The molecule has 142 valence electrons. The number of rotatable bonds is 4. The van der Waals surface area contributed by atoms with Crippen LogP contribution in [-0.4, -0.2) is 21.4 Å². The van der Waals surface area contributed by atoms with Gasteiger partial charge in [0.05, 0.1) is 5.03 Å². The van der Waals surface area contributed by atoms with Crippen molar-refractivity contribution >= 4 is 44.4 Å². The number of carbonyl (C=O) groups is 1. The number of aliphatic carboxylic acids is 1. The van der Waals surface area contributed by atoms with E-state index < -0.39 is 12.0 Å². The lowest BCUT2D eigenvalue weighted by molar-refractivity contribution is -0.140. The largest absolute Gasteiger partial charge is 0.480 e. The molecule has 2 heterocycles. The van der Waals surface area contributed by atoms with Gasteiger partial charge in [0.1, 0.15) is 6.04 Å². The van der Waals surface area contributed by atoms with Crippen molar-refractivity contribution in [3.63, 3.8) is 0 Å². The SMILES string of the molecule is O=C(O)[C@@H]1CSc2c(C3CC3)c(Cc3ccc(Br)c4ccccc34)cc(=O)n21. The van der Waals surface area contributed by atoms with Gasteiger partial charge in [0, 0.05) is 16.3 Å². The summed E-state index contributed by atoms with van der Waals surface area (Å²) in [6.45, 7) is 0. The third kappa shape index (κ3) is 2.90. The van der Waals surface area contributed by atoms with Crippen molar-refractivity contribution in [1.29, 1.82) is 0 Å². The van der Waals surface area contributed by atoms with Crippen molar-refractivity contribution in [2.24, 2.45) is 0 Å². The monoisotopic (exact) mass is 455 g/mol. The van der Waals surface area contributed by atoms with Crippen LogP contribution in [-0.2, 0) is 11.2 Å². The van der Waals surface area contributed by atoms with Crippen LogP contribution in [0.1, 0.15) is 41.5 Å². The Bertz CT molecular complexity index is 1180. The molecule has 0 unspecified atom stereocenters. The molecule has 1 fully saturated rings. The van der Waals surface area contributed by atoms with Crippen molar-refractivity contribution in [2.45, 2.75) is 36.2 Å². The summed E-state index contributed by atoms with van der Waals surface area (Å²) < 4.78 is 2.56. The second kappa shape index (κ2) is 6.78. The van der Waals surface area contributed by atoms with E-state index in [1.54, 1.807) is 6.07 Å². The van der Waals surface area contributed by atoms with Gasteiger partial charge in [0.2, 0.25) is 0 Å². The number of hydrogen-bond donors (Lipinski definition) is 1. The van der Waals surface area contributed by atoms with Crippen LogP contribution in [0.2, 0.25) is 0 Å². The molecule has 4 nitrogen and oxygen atoms in total. The quantitative estimate of drug-likeness (QED) is 0.603. The molecule has 1 aromatic heterocycles. The van der Waals surface area contributed by atoms with Crippen LogP contribution in [0.4, 0.5) is 0 Å². The lowest BCUT2D eigenvalue weighted by Crippen LogP contribution is -2.29. The Morgan fingerprint density at radius 3 is 2.61 bits per heavy atom. The first-order valence-electron chi connectivity index (χ1n) is 9.34. The van der Waals surface area contributed by atoms with Crippen LogP contribution >= 0.6 is 27.7 Å². The zero-order chi connectivity index (χ0) is 19.4. The summed E-state index contributed by atoms with van der Waals surface area (Å²) in [4.78, 5) is 24.4. The van der Waals surface area contributed by atoms with Gasteiger partial charge in [-0.15, -0.1) is 11.8 Å². The predicted octanol–water partition coefficient (Wildman–Crippen LogP) is 4.96. The van der Waals surface area contributed by atoms with Gasteiger partial charge in [0.15, 0.2) is 0 Å². The maximum absolute atomic E-state index is 12.8. The molecule has 1 N–H and O–H groups in total. The number of carboxylic acid groups (broad SMARTS) is 1. The smallest absolute Gasteiger partial charge is 0.327 e. The third-order valence-corrected chi connectivity index (χ3v) is 7.50. The summed E-state index contributed by atoms with van der Waals surface area (Å²) in [6, 6.07) is 13.4. The molecular formula is C22H18BrNO3S. The van der Waals surface area contributed by atoms with Crippen LogP contribution in [0.3, 0.4) is 0 Å². The van der Waals surface area contributed by atoms with E-state index in [9.17, 15) is 14.7 Å². The molecule has 0 spiro atoms. The highest BCUT2D eigenvalue weighted by Crippen LogP contribution is 2.48. The van der Waals surface area contributed by atoms with Gasteiger partial charge >= 0.3 is 5.97 Å². The number of aromatic nitrogens is 1.